The van der Waals surface area contributed by atoms with Gasteiger partial charge in [0.2, 0.25) is 11.6 Å². The largest absolute Gasteiger partial charge is 0.437 e. The summed E-state index contributed by atoms with van der Waals surface area (Å²) in [5, 5.41) is 0.189. The van der Waals surface area contributed by atoms with Crippen LogP contribution < -0.4 is 0 Å². The van der Waals surface area contributed by atoms with E-state index in [4.69, 9.17) is 11.6 Å². The first-order valence-electron chi connectivity index (χ1n) is 7.38. The van der Waals surface area contributed by atoms with Crippen molar-refractivity contribution >= 4 is 11.6 Å². The molecule has 0 unspecified atom stereocenters. The number of rotatable bonds is 2. The molecule has 1 aromatic heterocycles. The lowest BCUT2D eigenvalue weighted by molar-refractivity contribution is -0.143. The Bertz CT molecular complexity index is 924. The van der Waals surface area contributed by atoms with Crippen molar-refractivity contribution in [2.45, 2.75) is 20.0 Å². The van der Waals surface area contributed by atoms with E-state index in [1.54, 1.807) is 44.2 Å². The van der Waals surface area contributed by atoms with Gasteiger partial charge in [-0.3, -0.25) is 4.57 Å². The molecule has 0 radical (unpaired) electrons. The molecule has 0 saturated heterocycles. The summed E-state index contributed by atoms with van der Waals surface area (Å²) < 4.78 is 55.4. The molecular weight excluding hydrogens is 356 g/mol. The van der Waals surface area contributed by atoms with E-state index in [2.05, 4.69) is 4.98 Å². The topological polar surface area (TPSA) is 17.8 Å². The summed E-state index contributed by atoms with van der Waals surface area (Å²) in [6.45, 7) is 3.40. The molecule has 3 aromatic rings. The molecule has 2 nitrogen and oxygen atoms in total. The van der Waals surface area contributed by atoms with Gasteiger partial charge in [-0.15, -0.1) is 0 Å². The molecule has 0 saturated carbocycles. The van der Waals surface area contributed by atoms with Gasteiger partial charge in [0.25, 0.3) is 0 Å². The van der Waals surface area contributed by atoms with Crippen LogP contribution in [0.2, 0.25) is 5.02 Å². The first-order chi connectivity index (χ1) is 11.7. The highest BCUT2D eigenvalue weighted by molar-refractivity contribution is 6.33. The van der Waals surface area contributed by atoms with Gasteiger partial charge in [0, 0.05) is 5.56 Å². The molecule has 0 aliphatic carbocycles. The molecule has 2 aromatic carbocycles. The van der Waals surface area contributed by atoms with Crippen LogP contribution in [0.15, 0.2) is 42.5 Å². The molecule has 0 aliphatic rings. The minimum Gasteiger partial charge on any atom is -0.268 e. The number of imidazole rings is 1. The number of para-hydroxylation sites is 1. The van der Waals surface area contributed by atoms with Gasteiger partial charge in [0.15, 0.2) is 0 Å². The third-order valence-corrected chi connectivity index (χ3v) is 4.20. The van der Waals surface area contributed by atoms with E-state index in [0.29, 0.717) is 16.8 Å². The second-order valence-corrected chi connectivity index (χ2v) is 6.04. The number of nitrogens with zero attached hydrogens (tertiary/aromatic N) is 2. The Labute approximate surface area is 146 Å². The predicted molar refractivity (Wildman–Crippen MR) is 88.4 cm³/mol. The SMILES string of the molecule is Cc1cccc(C)c1-n1c(-c2ccccc2Cl)nc(C(F)(F)F)c1F. The van der Waals surface area contributed by atoms with Crippen molar-refractivity contribution in [1.29, 1.82) is 0 Å². The number of hydrogen-bond donors (Lipinski definition) is 0. The van der Waals surface area contributed by atoms with Crippen molar-refractivity contribution < 1.29 is 17.6 Å². The summed E-state index contributed by atoms with van der Waals surface area (Å²) in [5.74, 6) is -1.65. The number of aromatic nitrogens is 2. The fourth-order valence-corrected chi connectivity index (χ4v) is 2.99. The highest BCUT2D eigenvalue weighted by Gasteiger charge is 2.40. The van der Waals surface area contributed by atoms with Gasteiger partial charge in [0.1, 0.15) is 5.82 Å². The van der Waals surface area contributed by atoms with Crippen molar-refractivity contribution in [3.05, 3.63) is 70.3 Å². The molecule has 7 heteroatoms. The van der Waals surface area contributed by atoms with Crippen molar-refractivity contribution in [2.24, 2.45) is 0 Å². The molecule has 0 fully saturated rings. The number of alkyl halides is 3. The van der Waals surface area contributed by atoms with Crippen LogP contribution in [0.3, 0.4) is 0 Å². The molecule has 3 rings (SSSR count). The molecule has 0 bridgehead atoms. The minimum atomic E-state index is -4.91. The van der Waals surface area contributed by atoms with Crippen molar-refractivity contribution in [2.75, 3.05) is 0 Å². The summed E-state index contributed by atoms with van der Waals surface area (Å²) >= 11 is 6.12. The third-order valence-electron chi connectivity index (χ3n) is 3.87. The zero-order valence-corrected chi connectivity index (χ0v) is 14.1. The minimum absolute atomic E-state index is 0.187. The zero-order chi connectivity index (χ0) is 18.4. The Morgan fingerprint density at radius 1 is 0.960 bits per heavy atom. The molecule has 0 amide bonds. The van der Waals surface area contributed by atoms with Crippen LogP contribution in [0.1, 0.15) is 16.8 Å². The highest BCUT2D eigenvalue weighted by Crippen LogP contribution is 2.38. The molecule has 0 atom stereocenters. The van der Waals surface area contributed by atoms with Gasteiger partial charge in [-0.1, -0.05) is 41.9 Å². The molecule has 1 heterocycles. The maximum absolute atomic E-state index is 14.8. The quantitative estimate of drug-likeness (QED) is 0.510. The molecule has 130 valence electrons. The number of benzene rings is 2. The van der Waals surface area contributed by atoms with Crippen LogP contribution in [-0.4, -0.2) is 9.55 Å². The van der Waals surface area contributed by atoms with Gasteiger partial charge in [-0.25, -0.2) is 4.98 Å². The summed E-state index contributed by atoms with van der Waals surface area (Å²) in [5.41, 5.74) is 0.223. The third kappa shape index (κ3) is 3.02. The lowest BCUT2D eigenvalue weighted by Gasteiger charge is -2.15. The van der Waals surface area contributed by atoms with Crippen molar-refractivity contribution in [1.82, 2.24) is 9.55 Å². The van der Waals surface area contributed by atoms with Crippen LogP contribution >= 0.6 is 11.6 Å². The van der Waals surface area contributed by atoms with Gasteiger partial charge >= 0.3 is 6.18 Å². The Hall–Kier alpha value is -2.34. The summed E-state index contributed by atoms with van der Waals surface area (Å²) in [6, 6.07) is 11.4. The normalized spacial score (nSPS) is 11.8. The molecule has 0 N–H and O–H groups in total. The van der Waals surface area contributed by atoms with Crippen molar-refractivity contribution in [3.8, 4) is 17.1 Å². The smallest absolute Gasteiger partial charge is 0.268 e. The van der Waals surface area contributed by atoms with Crippen molar-refractivity contribution in [3.63, 3.8) is 0 Å². The molecule has 25 heavy (non-hydrogen) atoms. The molecular formula is C18H13ClF4N2. The average molecular weight is 369 g/mol. The van der Waals surface area contributed by atoms with E-state index in [-0.39, 0.29) is 16.4 Å². The van der Waals surface area contributed by atoms with E-state index in [9.17, 15) is 17.6 Å². The number of halogens is 5. The summed E-state index contributed by atoms with van der Waals surface area (Å²) in [6.07, 6.45) is -4.91. The molecule has 0 aliphatic heterocycles. The first-order valence-corrected chi connectivity index (χ1v) is 7.76. The first kappa shape index (κ1) is 17.5. The highest BCUT2D eigenvalue weighted by atomic mass is 35.5. The second kappa shape index (κ2) is 6.19. The Kier molecular flexibility index (Phi) is 4.33. The predicted octanol–water partition coefficient (Wildman–Crippen LogP) is 5.97. The Morgan fingerprint density at radius 2 is 1.56 bits per heavy atom. The van der Waals surface area contributed by atoms with Gasteiger partial charge in [0.05, 0.1) is 10.7 Å². The lowest BCUT2D eigenvalue weighted by Crippen LogP contribution is -2.10. The lowest BCUT2D eigenvalue weighted by atomic mass is 10.1. The maximum Gasteiger partial charge on any atom is 0.437 e. The van der Waals surface area contributed by atoms with E-state index < -0.39 is 17.8 Å². The fourth-order valence-electron chi connectivity index (χ4n) is 2.77. The van der Waals surface area contributed by atoms with E-state index in [1.165, 1.54) is 12.1 Å². The van der Waals surface area contributed by atoms with Gasteiger partial charge in [-0.05, 0) is 37.1 Å². The van der Waals surface area contributed by atoms with Crippen LogP contribution in [0.25, 0.3) is 17.1 Å². The zero-order valence-electron chi connectivity index (χ0n) is 13.3. The second-order valence-electron chi connectivity index (χ2n) is 5.63. The van der Waals surface area contributed by atoms with Gasteiger partial charge < -0.3 is 0 Å². The van der Waals surface area contributed by atoms with Gasteiger partial charge in [-0.2, -0.15) is 17.6 Å². The van der Waals surface area contributed by atoms with Crippen LogP contribution in [0.5, 0.6) is 0 Å². The standard InChI is InChI=1S/C18H13ClF4N2/c1-10-6-5-7-11(2)14(10)25-16(20)15(18(21,22)23)24-17(25)12-8-3-4-9-13(12)19/h3-9H,1-2H3. The average Bonchev–Trinajstić information content (AvgIpc) is 2.85. The van der Waals surface area contributed by atoms with E-state index in [1.807, 2.05) is 0 Å². The molecule has 0 spiro atoms. The number of aryl methyl sites for hydroxylation is 2. The summed E-state index contributed by atoms with van der Waals surface area (Å²) in [4.78, 5) is 3.55. The van der Waals surface area contributed by atoms with Crippen LogP contribution in [0, 0.1) is 19.8 Å². The van der Waals surface area contributed by atoms with Crippen LogP contribution in [-0.2, 0) is 6.18 Å². The monoisotopic (exact) mass is 368 g/mol. The maximum atomic E-state index is 14.8. The fraction of sp³-hybridized carbons (Fsp3) is 0.167. The number of hydrogen-bond acceptors (Lipinski definition) is 1. The van der Waals surface area contributed by atoms with E-state index >= 15 is 0 Å². The summed E-state index contributed by atoms with van der Waals surface area (Å²) in [7, 11) is 0. The van der Waals surface area contributed by atoms with Crippen LogP contribution in [0.4, 0.5) is 17.6 Å². The van der Waals surface area contributed by atoms with E-state index in [0.717, 1.165) is 4.57 Å². The Morgan fingerprint density at radius 3 is 2.12 bits per heavy atom. The Balaban J connectivity index is 2.42.